The SMILES string of the molecule is CCOCC12CCN(C(=O)c3ccco3)CC1CN(c1ccc(C#N)c(C(F)(F)F)c1)C2. The van der Waals surface area contributed by atoms with Crippen LogP contribution in [0.3, 0.4) is 0 Å². The van der Waals surface area contributed by atoms with Crippen LogP contribution in [-0.4, -0.2) is 50.2 Å². The van der Waals surface area contributed by atoms with E-state index in [-0.39, 0.29) is 23.0 Å². The summed E-state index contributed by atoms with van der Waals surface area (Å²) in [7, 11) is 0. The predicted octanol–water partition coefficient (Wildman–Crippen LogP) is 4.18. The van der Waals surface area contributed by atoms with E-state index in [0.29, 0.717) is 51.5 Å². The summed E-state index contributed by atoms with van der Waals surface area (Å²) in [5.74, 6) is 0.127. The number of hydrogen-bond acceptors (Lipinski definition) is 5. The van der Waals surface area contributed by atoms with Gasteiger partial charge in [0.2, 0.25) is 0 Å². The number of amides is 1. The van der Waals surface area contributed by atoms with Crippen molar-refractivity contribution in [2.45, 2.75) is 19.5 Å². The molecule has 2 atom stereocenters. The molecule has 1 aromatic heterocycles. The highest BCUT2D eigenvalue weighted by molar-refractivity contribution is 5.91. The second-order valence-corrected chi connectivity index (χ2v) is 8.39. The number of carbonyl (C=O) groups is 1. The molecule has 2 aliphatic rings. The number of ether oxygens (including phenoxy) is 1. The largest absolute Gasteiger partial charge is 0.459 e. The van der Waals surface area contributed by atoms with Crippen molar-refractivity contribution in [2.24, 2.45) is 11.3 Å². The van der Waals surface area contributed by atoms with Crippen LogP contribution in [0.4, 0.5) is 18.9 Å². The van der Waals surface area contributed by atoms with Crippen LogP contribution in [0.5, 0.6) is 0 Å². The average molecular weight is 447 g/mol. The normalized spacial score (nSPS) is 23.2. The van der Waals surface area contributed by atoms with Gasteiger partial charge in [-0.2, -0.15) is 18.4 Å². The van der Waals surface area contributed by atoms with Gasteiger partial charge < -0.3 is 19.0 Å². The standard InChI is InChI=1S/C23H24F3N3O3/c1-2-31-15-22-7-8-28(21(30)20-4-3-9-32-20)12-17(22)13-29(14-22)18-6-5-16(11-27)19(10-18)23(24,25)26/h3-6,9-10,17H,2,7-8,12-15H2,1H3. The van der Waals surface area contributed by atoms with Crippen LogP contribution in [-0.2, 0) is 10.9 Å². The number of fused-ring (bicyclic) bond motifs is 1. The van der Waals surface area contributed by atoms with Gasteiger partial charge in [-0.15, -0.1) is 0 Å². The van der Waals surface area contributed by atoms with E-state index in [0.717, 1.165) is 6.07 Å². The molecule has 0 N–H and O–H groups in total. The number of piperidine rings is 1. The molecule has 2 saturated heterocycles. The van der Waals surface area contributed by atoms with Crippen molar-refractivity contribution in [3.63, 3.8) is 0 Å². The summed E-state index contributed by atoms with van der Waals surface area (Å²) in [6.45, 7) is 4.96. The van der Waals surface area contributed by atoms with Crippen molar-refractivity contribution < 1.29 is 27.1 Å². The second kappa shape index (κ2) is 8.51. The third kappa shape index (κ3) is 4.07. The van der Waals surface area contributed by atoms with Crippen molar-refractivity contribution in [1.29, 1.82) is 5.26 Å². The van der Waals surface area contributed by atoms with Crippen LogP contribution in [0.1, 0.15) is 35.0 Å². The lowest BCUT2D eigenvalue weighted by Gasteiger charge is -2.42. The van der Waals surface area contributed by atoms with Gasteiger partial charge in [0.05, 0.1) is 30.1 Å². The summed E-state index contributed by atoms with van der Waals surface area (Å²) in [6.07, 6.45) is -2.47. The molecule has 170 valence electrons. The fraction of sp³-hybridized carbons (Fsp3) is 0.478. The van der Waals surface area contributed by atoms with E-state index < -0.39 is 17.3 Å². The monoisotopic (exact) mass is 447 g/mol. The van der Waals surface area contributed by atoms with Gasteiger partial charge in [-0.05, 0) is 43.7 Å². The number of rotatable bonds is 5. The van der Waals surface area contributed by atoms with Crippen LogP contribution in [0.25, 0.3) is 0 Å². The third-order valence-corrected chi connectivity index (χ3v) is 6.54. The summed E-state index contributed by atoms with van der Waals surface area (Å²) in [5, 5.41) is 9.08. The number of nitriles is 1. The maximum atomic E-state index is 13.5. The smallest absolute Gasteiger partial charge is 0.417 e. The molecule has 2 fully saturated rings. The molecule has 0 bridgehead atoms. The minimum absolute atomic E-state index is 0.0340. The van der Waals surface area contributed by atoms with Gasteiger partial charge in [-0.1, -0.05) is 0 Å². The molecule has 0 spiro atoms. The number of anilines is 1. The Morgan fingerprint density at radius 2 is 2.16 bits per heavy atom. The minimum Gasteiger partial charge on any atom is -0.459 e. The van der Waals surface area contributed by atoms with Crippen molar-refractivity contribution in [2.75, 3.05) is 44.3 Å². The van der Waals surface area contributed by atoms with Crippen molar-refractivity contribution in [1.82, 2.24) is 4.90 Å². The van der Waals surface area contributed by atoms with E-state index in [9.17, 15) is 18.0 Å². The number of halogens is 3. The van der Waals surface area contributed by atoms with Gasteiger partial charge in [0.25, 0.3) is 5.91 Å². The Bertz CT molecular complexity index is 1020. The zero-order valence-corrected chi connectivity index (χ0v) is 17.7. The Balaban J connectivity index is 1.60. The summed E-state index contributed by atoms with van der Waals surface area (Å²) >= 11 is 0. The number of alkyl halides is 3. The number of furan rings is 1. The van der Waals surface area contributed by atoms with E-state index in [4.69, 9.17) is 14.4 Å². The van der Waals surface area contributed by atoms with E-state index in [1.165, 1.54) is 12.3 Å². The third-order valence-electron chi connectivity index (χ3n) is 6.54. The number of benzene rings is 1. The fourth-order valence-electron chi connectivity index (χ4n) is 4.82. The van der Waals surface area contributed by atoms with Gasteiger partial charge in [0, 0.05) is 49.8 Å². The molecule has 4 rings (SSSR count). The Hall–Kier alpha value is -2.99. The minimum atomic E-state index is -4.61. The van der Waals surface area contributed by atoms with Gasteiger partial charge in [0.15, 0.2) is 5.76 Å². The quantitative estimate of drug-likeness (QED) is 0.688. The molecule has 32 heavy (non-hydrogen) atoms. The lowest BCUT2D eigenvalue weighted by atomic mass is 9.73. The molecule has 0 aliphatic carbocycles. The molecule has 1 amide bonds. The lowest BCUT2D eigenvalue weighted by molar-refractivity contribution is -0.137. The highest BCUT2D eigenvalue weighted by atomic mass is 19.4. The molecule has 1 aromatic carbocycles. The van der Waals surface area contributed by atoms with Gasteiger partial charge >= 0.3 is 6.18 Å². The van der Waals surface area contributed by atoms with Crippen molar-refractivity contribution in [3.05, 3.63) is 53.5 Å². The first-order valence-electron chi connectivity index (χ1n) is 10.5. The summed E-state index contributed by atoms with van der Waals surface area (Å²) < 4.78 is 51.4. The maximum Gasteiger partial charge on any atom is 0.417 e. The topological polar surface area (TPSA) is 69.7 Å². The molecule has 2 aliphatic heterocycles. The van der Waals surface area contributed by atoms with Gasteiger partial charge in [0.1, 0.15) is 0 Å². The Kier molecular flexibility index (Phi) is 5.91. The molecular weight excluding hydrogens is 423 g/mol. The summed E-state index contributed by atoms with van der Waals surface area (Å²) in [4.78, 5) is 16.4. The molecule has 0 saturated carbocycles. The molecule has 3 heterocycles. The fourth-order valence-corrected chi connectivity index (χ4v) is 4.82. The van der Waals surface area contributed by atoms with E-state index in [1.807, 2.05) is 11.8 Å². The lowest BCUT2D eigenvalue weighted by Crippen LogP contribution is -2.51. The number of nitrogens with zero attached hydrogens (tertiary/aromatic N) is 3. The first-order valence-corrected chi connectivity index (χ1v) is 10.5. The highest BCUT2D eigenvalue weighted by Crippen LogP contribution is 2.45. The predicted molar refractivity (Wildman–Crippen MR) is 110 cm³/mol. The zero-order valence-electron chi connectivity index (χ0n) is 17.7. The first kappa shape index (κ1) is 22.2. The van der Waals surface area contributed by atoms with Gasteiger partial charge in [-0.3, -0.25) is 4.79 Å². The van der Waals surface area contributed by atoms with Crippen LogP contribution < -0.4 is 4.90 Å². The molecule has 6 nitrogen and oxygen atoms in total. The van der Waals surface area contributed by atoms with Crippen LogP contribution in [0, 0.1) is 22.7 Å². The Morgan fingerprint density at radius 1 is 1.34 bits per heavy atom. The van der Waals surface area contributed by atoms with E-state index >= 15 is 0 Å². The molecule has 9 heteroatoms. The molecule has 0 radical (unpaired) electrons. The first-order chi connectivity index (χ1) is 15.3. The zero-order chi connectivity index (χ0) is 22.9. The van der Waals surface area contributed by atoms with Crippen molar-refractivity contribution >= 4 is 11.6 Å². The molecular formula is C23H24F3N3O3. The molecule has 2 aromatic rings. The Morgan fingerprint density at radius 3 is 2.81 bits per heavy atom. The number of likely N-dealkylation sites (tertiary alicyclic amines) is 1. The van der Waals surface area contributed by atoms with Crippen LogP contribution in [0.15, 0.2) is 41.0 Å². The van der Waals surface area contributed by atoms with E-state index in [1.54, 1.807) is 29.2 Å². The van der Waals surface area contributed by atoms with Crippen LogP contribution >= 0.6 is 0 Å². The molecule has 2 unspecified atom stereocenters. The Labute approximate surface area is 184 Å². The summed E-state index contributed by atoms with van der Waals surface area (Å²) in [5.41, 5.74) is -1.16. The average Bonchev–Trinajstić information content (AvgIpc) is 3.44. The van der Waals surface area contributed by atoms with Crippen molar-refractivity contribution in [3.8, 4) is 6.07 Å². The second-order valence-electron chi connectivity index (χ2n) is 8.39. The highest BCUT2D eigenvalue weighted by Gasteiger charge is 2.51. The summed E-state index contributed by atoms with van der Waals surface area (Å²) in [6, 6.07) is 8.75. The van der Waals surface area contributed by atoms with Crippen LogP contribution in [0.2, 0.25) is 0 Å². The number of carbonyl (C=O) groups excluding carboxylic acids is 1. The van der Waals surface area contributed by atoms with E-state index in [2.05, 4.69) is 0 Å². The number of hydrogen-bond donors (Lipinski definition) is 0. The van der Waals surface area contributed by atoms with Gasteiger partial charge in [-0.25, -0.2) is 0 Å². The maximum absolute atomic E-state index is 13.5.